The molecule has 2 saturated heterocycles. The number of para-hydroxylation sites is 2. The molecule has 8 rings (SSSR count). The molecule has 3 fully saturated rings. The molecule has 1 aliphatic carbocycles. The van der Waals surface area contributed by atoms with Crippen LogP contribution in [0.5, 0.6) is 5.75 Å². The van der Waals surface area contributed by atoms with Gasteiger partial charge in [-0.15, -0.1) is 5.10 Å². The van der Waals surface area contributed by atoms with Crippen LogP contribution in [-0.4, -0.2) is 112 Å². The Labute approximate surface area is 298 Å². The number of rotatable bonds is 13. The van der Waals surface area contributed by atoms with E-state index in [-0.39, 0.29) is 11.3 Å². The summed E-state index contributed by atoms with van der Waals surface area (Å²) in [6.07, 6.45) is 7.09. The number of ether oxygens (including phenoxy) is 2. The van der Waals surface area contributed by atoms with Crippen LogP contribution in [-0.2, 0) is 16.7 Å². The molecule has 4 heterocycles. The molecule has 0 spiro atoms. The number of nitrogens with zero attached hydrogens (tertiary/aromatic N) is 9. The van der Waals surface area contributed by atoms with Crippen molar-refractivity contribution in [1.29, 1.82) is 0 Å². The predicted molar refractivity (Wildman–Crippen MR) is 196 cm³/mol. The minimum absolute atomic E-state index is 0.0363. The van der Waals surface area contributed by atoms with Gasteiger partial charge in [0.2, 0.25) is 5.95 Å². The van der Waals surface area contributed by atoms with Crippen molar-refractivity contribution in [2.75, 3.05) is 71.0 Å². The highest BCUT2D eigenvalue weighted by Crippen LogP contribution is 2.39. The largest absolute Gasteiger partial charge is 0.496 e. The first-order valence-corrected chi connectivity index (χ1v) is 18.4. The third-order valence-corrected chi connectivity index (χ3v) is 11.0. The second-order valence-corrected chi connectivity index (χ2v) is 14.3. The second-order valence-electron chi connectivity index (χ2n) is 14.3. The number of anilines is 1. The number of hydrogen-bond donors (Lipinski definition) is 0. The van der Waals surface area contributed by atoms with E-state index < -0.39 is 0 Å². The smallest absolute Gasteiger partial charge is 0.257 e. The standard InChI is InChI=1S/C39H47N9O3/c1-50-36-15-14-32(48-29-40-42-43-48)26-33(36)37(49)46-21-17-39(28-46,31-8-3-2-4-9-31)16-20-44-18-7-19-45(23-22-44)38-41-34-10-5-6-11-35(34)47(38)24-25-51-27-30-12-13-30/h2-6,8-11,14-15,26,29-30H,7,12-13,16-25,27-28H2,1H3. The summed E-state index contributed by atoms with van der Waals surface area (Å²) in [5.74, 6) is 2.32. The number of aromatic nitrogens is 6. The Kier molecular flexibility index (Phi) is 9.68. The Balaban J connectivity index is 0.958. The summed E-state index contributed by atoms with van der Waals surface area (Å²) < 4.78 is 15.6. The van der Waals surface area contributed by atoms with Crippen LogP contribution in [0, 0.1) is 5.92 Å². The molecule has 2 aromatic heterocycles. The van der Waals surface area contributed by atoms with Crippen LogP contribution >= 0.6 is 0 Å². The molecule has 0 bridgehead atoms. The first-order valence-electron chi connectivity index (χ1n) is 18.4. The first-order chi connectivity index (χ1) is 25.1. The van der Waals surface area contributed by atoms with Gasteiger partial charge in [0.05, 0.1) is 36.0 Å². The zero-order valence-corrected chi connectivity index (χ0v) is 29.4. The topological polar surface area (TPSA) is 107 Å². The van der Waals surface area contributed by atoms with E-state index in [1.54, 1.807) is 11.8 Å². The number of imidazole rings is 1. The number of tetrazole rings is 1. The predicted octanol–water partition coefficient (Wildman–Crippen LogP) is 4.83. The molecule has 1 saturated carbocycles. The maximum atomic E-state index is 14.2. The van der Waals surface area contributed by atoms with Crippen LogP contribution in [0.3, 0.4) is 0 Å². The van der Waals surface area contributed by atoms with Gasteiger partial charge in [-0.3, -0.25) is 4.79 Å². The van der Waals surface area contributed by atoms with Crippen molar-refractivity contribution in [3.05, 3.63) is 90.3 Å². The van der Waals surface area contributed by atoms with E-state index in [0.29, 0.717) is 36.7 Å². The van der Waals surface area contributed by atoms with Gasteiger partial charge in [-0.2, -0.15) is 0 Å². The van der Waals surface area contributed by atoms with E-state index in [2.05, 4.69) is 84.5 Å². The zero-order valence-electron chi connectivity index (χ0n) is 29.4. The molecule has 0 N–H and O–H groups in total. The first kappa shape index (κ1) is 33.3. The van der Waals surface area contributed by atoms with E-state index in [1.165, 1.54) is 30.2 Å². The fraction of sp³-hybridized carbons (Fsp3) is 0.462. The number of carbonyl (C=O) groups excluding carboxylic acids is 1. The SMILES string of the molecule is COc1ccc(-n2cnnn2)cc1C(=O)N1CCC(CCN2CCCN(c3nc4ccccc4n3CCOCC3CC3)CC2)(c2ccccc2)C1. The van der Waals surface area contributed by atoms with E-state index >= 15 is 0 Å². The van der Waals surface area contributed by atoms with Crippen molar-refractivity contribution in [3.8, 4) is 11.4 Å². The van der Waals surface area contributed by atoms with E-state index in [4.69, 9.17) is 14.5 Å². The summed E-state index contributed by atoms with van der Waals surface area (Å²) in [5, 5.41) is 11.5. The fourth-order valence-corrected chi connectivity index (χ4v) is 7.86. The molecule has 12 nitrogen and oxygen atoms in total. The number of methoxy groups -OCH3 is 1. The Morgan fingerprint density at radius 2 is 1.80 bits per heavy atom. The lowest BCUT2D eigenvalue weighted by atomic mass is 9.76. The number of amides is 1. The third-order valence-electron chi connectivity index (χ3n) is 11.0. The lowest BCUT2D eigenvalue weighted by Gasteiger charge is -2.33. The van der Waals surface area contributed by atoms with Gasteiger partial charge in [-0.05, 0) is 97.4 Å². The molecular formula is C39H47N9O3. The van der Waals surface area contributed by atoms with Crippen molar-refractivity contribution in [2.45, 2.75) is 44.1 Å². The highest BCUT2D eigenvalue weighted by molar-refractivity contribution is 5.98. The lowest BCUT2D eigenvalue weighted by Crippen LogP contribution is -2.39. The van der Waals surface area contributed by atoms with Crippen LogP contribution < -0.4 is 9.64 Å². The summed E-state index contributed by atoms with van der Waals surface area (Å²) in [6, 6.07) is 24.7. The monoisotopic (exact) mass is 689 g/mol. The van der Waals surface area contributed by atoms with Crippen molar-refractivity contribution < 1.29 is 14.3 Å². The molecule has 266 valence electrons. The average Bonchev–Trinajstić information content (AvgIpc) is 3.54. The molecule has 1 amide bonds. The highest BCUT2D eigenvalue weighted by Gasteiger charge is 2.42. The van der Waals surface area contributed by atoms with Crippen LogP contribution in [0.1, 0.15) is 48.0 Å². The highest BCUT2D eigenvalue weighted by atomic mass is 16.5. The van der Waals surface area contributed by atoms with Crippen molar-refractivity contribution in [1.82, 2.24) is 39.6 Å². The Hall–Kier alpha value is -4.81. The Morgan fingerprint density at radius 1 is 0.941 bits per heavy atom. The number of benzene rings is 3. The molecule has 1 atom stereocenters. The summed E-state index contributed by atoms with van der Waals surface area (Å²) in [5.41, 5.74) is 4.60. The summed E-state index contributed by atoms with van der Waals surface area (Å²) in [7, 11) is 1.60. The van der Waals surface area contributed by atoms with Gasteiger partial charge in [-0.25, -0.2) is 9.67 Å². The molecule has 2 aliphatic heterocycles. The molecule has 3 aromatic carbocycles. The lowest BCUT2D eigenvalue weighted by molar-refractivity contribution is 0.0777. The minimum Gasteiger partial charge on any atom is -0.496 e. The molecular weight excluding hydrogens is 642 g/mol. The molecule has 5 aromatic rings. The summed E-state index contributed by atoms with van der Waals surface area (Å²) >= 11 is 0. The van der Waals surface area contributed by atoms with Crippen LogP contribution in [0.15, 0.2) is 79.1 Å². The van der Waals surface area contributed by atoms with Gasteiger partial charge in [0.15, 0.2) is 0 Å². The molecule has 12 heteroatoms. The fourth-order valence-electron chi connectivity index (χ4n) is 7.86. The van der Waals surface area contributed by atoms with Gasteiger partial charge in [0.1, 0.15) is 12.1 Å². The molecule has 1 unspecified atom stereocenters. The minimum atomic E-state index is -0.141. The second kappa shape index (κ2) is 14.8. The maximum absolute atomic E-state index is 14.2. The van der Waals surface area contributed by atoms with E-state index in [0.717, 1.165) is 82.5 Å². The Bertz CT molecular complexity index is 1930. The quantitative estimate of drug-likeness (QED) is 0.161. The van der Waals surface area contributed by atoms with Crippen LogP contribution in [0.2, 0.25) is 0 Å². The number of likely N-dealkylation sites (tertiary alicyclic amines) is 1. The number of fused-ring (bicyclic) bond motifs is 1. The maximum Gasteiger partial charge on any atom is 0.257 e. The Morgan fingerprint density at radius 3 is 2.63 bits per heavy atom. The van der Waals surface area contributed by atoms with Crippen LogP contribution in [0.25, 0.3) is 16.7 Å². The average molecular weight is 690 g/mol. The van der Waals surface area contributed by atoms with E-state index in [1.807, 2.05) is 23.1 Å². The zero-order chi connectivity index (χ0) is 34.6. The van der Waals surface area contributed by atoms with Crippen molar-refractivity contribution >= 4 is 22.9 Å². The molecule has 51 heavy (non-hydrogen) atoms. The van der Waals surface area contributed by atoms with Gasteiger partial charge in [0, 0.05) is 51.3 Å². The molecule has 3 aliphatic rings. The normalized spacial score (nSPS) is 19.9. The summed E-state index contributed by atoms with van der Waals surface area (Å²) in [6.45, 7) is 8.60. The van der Waals surface area contributed by atoms with Gasteiger partial charge in [-0.1, -0.05) is 42.5 Å². The van der Waals surface area contributed by atoms with Crippen molar-refractivity contribution in [3.63, 3.8) is 0 Å². The molecule has 0 radical (unpaired) electrons. The van der Waals surface area contributed by atoms with Crippen molar-refractivity contribution in [2.24, 2.45) is 5.92 Å². The van der Waals surface area contributed by atoms with E-state index in [9.17, 15) is 4.79 Å². The van der Waals surface area contributed by atoms with Gasteiger partial charge in [0.25, 0.3) is 5.91 Å². The van der Waals surface area contributed by atoms with Gasteiger partial charge >= 0.3 is 0 Å². The number of carbonyl (C=O) groups is 1. The number of hydrogen-bond acceptors (Lipinski definition) is 9. The summed E-state index contributed by atoms with van der Waals surface area (Å²) in [4.78, 5) is 26.4. The third kappa shape index (κ3) is 7.20. The van der Waals surface area contributed by atoms with Crippen LogP contribution in [0.4, 0.5) is 5.95 Å². The van der Waals surface area contributed by atoms with Gasteiger partial charge < -0.3 is 28.7 Å².